The Morgan fingerprint density at radius 2 is 2.10 bits per heavy atom. The van der Waals surface area contributed by atoms with Crippen LogP contribution in [-0.2, 0) is 7.05 Å². The number of fused-ring (bicyclic) bond motifs is 2. The van der Waals surface area contributed by atoms with Crippen LogP contribution < -0.4 is 4.57 Å². The molecule has 21 heavy (non-hydrogen) atoms. The van der Waals surface area contributed by atoms with Gasteiger partial charge in [-0.05, 0) is 30.7 Å². The molecule has 0 unspecified atom stereocenters. The molecule has 3 heterocycles. The number of aryl methyl sites for hydroxylation is 2. The van der Waals surface area contributed by atoms with Gasteiger partial charge in [-0.25, -0.2) is 14.5 Å². The number of pyridine rings is 1. The van der Waals surface area contributed by atoms with Crippen molar-refractivity contribution >= 4 is 16.7 Å². The fourth-order valence-electron chi connectivity index (χ4n) is 2.74. The predicted octanol–water partition coefficient (Wildman–Crippen LogP) is 2.68. The summed E-state index contributed by atoms with van der Waals surface area (Å²) in [6.07, 6.45) is 7.84. The lowest BCUT2D eigenvalue weighted by molar-refractivity contribution is -0.660. The van der Waals surface area contributed by atoms with Crippen LogP contribution in [0.4, 0.5) is 0 Å². The lowest BCUT2D eigenvalue weighted by atomic mass is 10.0. The lowest BCUT2D eigenvalue weighted by Crippen LogP contribution is -2.30. The van der Waals surface area contributed by atoms with Gasteiger partial charge in [0.25, 0.3) is 0 Å². The molecule has 4 heteroatoms. The zero-order valence-corrected chi connectivity index (χ0v) is 12.0. The molecule has 0 aliphatic rings. The maximum atomic E-state index is 4.60. The fraction of sp³-hybridized carbons (Fsp3) is 0.118. The molecule has 0 saturated heterocycles. The van der Waals surface area contributed by atoms with Crippen molar-refractivity contribution in [3.63, 3.8) is 0 Å². The topological polar surface area (TPSA) is 34.1 Å². The first-order valence-electron chi connectivity index (χ1n) is 6.91. The van der Waals surface area contributed by atoms with Gasteiger partial charge in [-0.3, -0.25) is 4.40 Å². The van der Waals surface area contributed by atoms with Crippen LogP contribution in [0, 0.1) is 6.92 Å². The summed E-state index contributed by atoms with van der Waals surface area (Å²) in [6.45, 7) is 2.12. The van der Waals surface area contributed by atoms with E-state index in [1.54, 1.807) is 6.20 Å². The van der Waals surface area contributed by atoms with Crippen molar-refractivity contribution in [2.24, 2.45) is 7.05 Å². The molecule has 0 bridgehead atoms. The van der Waals surface area contributed by atoms with Gasteiger partial charge in [0.2, 0.25) is 11.5 Å². The van der Waals surface area contributed by atoms with Crippen molar-refractivity contribution in [3.05, 3.63) is 60.7 Å². The minimum atomic E-state index is 0.736. The minimum Gasteiger partial charge on any atom is -0.291 e. The molecular weight excluding hydrogens is 260 g/mol. The van der Waals surface area contributed by atoms with E-state index < -0.39 is 0 Å². The SMILES string of the molecule is Cc1cc2nc3nccn3cc2cc1-c1cccc[n+]1C. The van der Waals surface area contributed by atoms with Gasteiger partial charge >= 0.3 is 0 Å². The molecule has 4 aromatic rings. The second kappa shape index (κ2) is 4.38. The average molecular weight is 275 g/mol. The van der Waals surface area contributed by atoms with E-state index in [0.717, 1.165) is 16.7 Å². The third kappa shape index (κ3) is 1.88. The van der Waals surface area contributed by atoms with E-state index in [2.05, 4.69) is 65.2 Å². The smallest absolute Gasteiger partial charge is 0.234 e. The van der Waals surface area contributed by atoms with Crippen molar-refractivity contribution in [2.45, 2.75) is 6.92 Å². The normalized spacial score (nSPS) is 11.3. The Hall–Kier alpha value is -2.75. The molecule has 102 valence electrons. The summed E-state index contributed by atoms with van der Waals surface area (Å²) < 4.78 is 4.09. The standard InChI is InChI=1S/C17H15N4/c1-12-9-15-13(11-21-8-6-18-17(21)19-15)10-14(12)16-5-3-4-7-20(16)2/h3-11H,1-2H3/q+1. The summed E-state index contributed by atoms with van der Waals surface area (Å²) >= 11 is 0. The molecule has 0 aliphatic heterocycles. The zero-order chi connectivity index (χ0) is 14.4. The number of nitrogens with zero attached hydrogens (tertiary/aromatic N) is 4. The van der Waals surface area contributed by atoms with Gasteiger partial charge in [-0.15, -0.1) is 0 Å². The van der Waals surface area contributed by atoms with Gasteiger partial charge in [-0.2, -0.15) is 0 Å². The van der Waals surface area contributed by atoms with Crippen LogP contribution in [0.1, 0.15) is 5.56 Å². The summed E-state index contributed by atoms with van der Waals surface area (Å²) in [5, 5.41) is 1.12. The molecule has 0 amide bonds. The highest BCUT2D eigenvalue weighted by Crippen LogP contribution is 2.25. The number of aromatic nitrogens is 4. The van der Waals surface area contributed by atoms with E-state index in [-0.39, 0.29) is 0 Å². The highest BCUT2D eigenvalue weighted by molar-refractivity contribution is 5.85. The van der Waals surface area contributed by atoms with Gasteiger partial charge in [0.1, 0.15) is 7.05 Å². The molecule has 0 spiro atoms. The van der Waals surface area contributed by atoms with Gasteiger partial charge in [0.15, 0.2) is 6.20 Å². The number of benzene rings is 1. The maximum Gasteiger partial charge on any atom is 0.234 e. The number of rotatable bonds is 1. The highest BCUT2D eigenvalue weighted by atomic mass is 15.1. The largest absolute Gasteiger partial charge is 0.291 e. The van der Waals surface area contributed by atoms with Crippen molar-refractivity contribution in [2.75, 3.05) is 0 Å². The molecule has 3 aromatic heterocycles. The molecule has 1 aromatic carbocycles. The van der Waals surface area contributed by atoms with E-state index in [1.165, 1.54) is 16.8 Å². The average Bonchev–Trinajstić information content (AvgIpc) is 2.92. The number of imidazole rings is 1. The molecule has 0 aliphatic carbocycles. The Bertz CT molecular complexity index is 969. The van der Waals surface area contributed by atoms with Crippen LogP contribution in [-0.4, -0.2) is 14.4 Å². The van der Waals surface area contributed by atoms with E-state index in [1.807, 2.05) is 16.7 Å². The third-order valence-electron chi connectivity index (χ3n) is 3.85. The maximum absolute atomic E-state index is 4.60. The third-order valence-corrected chi connectivity index (χ3v) is 3.85. The second-order valence-electron chi connectivity index (χ2n) is 5.30. The number of hydrogen-bond donors (Lipinski definition) is 0. The first-order valence-corrected chi connectivity index (χ1v) is 6.91. The second-order valence-corrected chi connectivity index (χ2v) is 5.30. The van der Waals surface area contributed by atoms with Gasteiger partial charge < -0.3 is 0 Å². The van der Waals surface area contributed by atoms with E-state index >= 15 is 0 Å². The van der Waals surface area contributed by atoms with Crippen molar-refractivity contribution in [3.8, 4) is 11.3 Å². The van der Waals surface area contributed by atoms with Crippen LogP contribution in [0.5, 0.6) is 0 Å². The molecule has 0 radical (unpaired) electrons. The van der Waals surface area contributed by atoms with Crippen LogP contribution in [0.3, 0.4) is 0 Å². The Balaban J connectivity index is 2.04. The Morgan fingerprint density at radius 3 is 2.95 bits per heavy atom. The van der Waals surface area contributed by atoms with Gasteiger partial charge in [0.05, 0.1) is 5.52 Å². The van der Waals surface area contributed by atoms with Crippen LogP contribution in [0.2, 0.25) is 0 Å². The zero-order valence-electron chi connectivity index (χ0n) is 12.0. The quantitative estimate of drug-likeness (QED) is 0.500. The Kier molecular flexibility index (Phi) is 2.51. The summed E-state index contributed by atoms with van der Waals surface area (Å²) in [6, 6.07) is 10.6. The van der Waals surface area contributed by atoms with E-state index in [0.29, 0.717) is 0 Å². The molecule has 0 fully saturated rings. The molecule has 0 atom stereocenters. The van der Waals surface area contributed by atoms with Crippen LogP contribution in [0.15, 0.2) is 55.1 Å². The van der Waals surface area contributed by atoms with E-state index in [9.17, 15) is 0 Å². The summed E-state index contributed by atoms with van der Waals surface area (Å²) in [4.78, 5) is 8.84. The first-order chi connectivity index (χ1) is 10.2. The van der Waals surface area contributed by atoms with Crippen LogP contribution in [0.25, 0.3) is 27.9 Å². The summed E-state index contributed by atoms with van der Waals surface area (Å²) in [5.74, 6) is 0.736. The minimum absolute atomic E-state index is 0.736. The summed E-state index contributed by atoms with van der Waals surface area (Å²) in [7, 11) is 2.07. The van der Waals surface area contributed by atoms with Crippen LogP contribution >= 0.6 is 0 Å². The monoisotopic (exact) mass is 275 g/mol. The van der Waals surface area contributed by atoms with Gasteiger partial charge in [0, 0.05) is 41.7 Å². The first kappa shape index (κ1) is 12.0. The number of hydrogen-bond acceptors (Lipinski definition) is 2. The molecular formula is C17H15N4+. The van der Waals surface area contributed by atoms with E-state index in [4.69, 9.17) is 0 Å². The molecule has 0 N–H and O–H groups in total. The van der Waals surface area contributed by atoms with Crippen molar-refractivity contribution in [1.29, 1.82) is 0 Å². The lowest BCUT2D eigenvalue weighted by Gasteiger charge is -2.07. The predicted molar refractivity (Wildman–Crippen MR) is 81.8 cm³/mol. The van der Waals surface area contributed by atoms with Crippen molar-refractivity contribution in [1.82, 2.24) is 14.4 Å². The highest BCUT2D eigenvalue weighted by Gasteiger charge is 2.13. The molecule has 0 saturated carbocycles. The Labute approximate surface area is 122 Å². The van der Waals surface area contributed by atoms with Crippen molar-refractivity contribution < 1.29 is 4.57 Å². The molecule has 4 nitrogen and oxygen atoms in total. The summed E-state index contributed by atoms with van der Waals surface area (Å²) in [5.41, 5.74) is 4.62. The van der Waals surface area contributed by atoms with Gasteiger partial charge in [-0.1, -0.05) is 0 Å². The fourth-order valence-corrected chi connectivity index (χ4v) is 2.74. The molecule has 4 rings (SSSR count). The Morgan fingerprint density at radius 1 is 1.19 bits per heavy atom.